The van der Waals surface area contributed by atoms with E-state index in [1.54, 1.807) is 0 Å². The molecule has 0 amide bonds. The van der Waals surface area contributed by atoms with Crippen molar-refractivity contribution in [2.24, 2.45) is 0 Å². The zero-order valence-electron chi connectivity index (χ0n) is 13.9. The van der Waals surface area contributed by atoms with Crippen LogP contribution in [0.25, 0.3) is 0 Å². The molecule has 2 heteroatoms. The van der Waals surface area contributed by atoms with Crippen LogP contribution in [0.2, 0.25) is 0 Å². The number of nitrogens with zero attached hydrogens (tertiary/aromatic N) is 1. The van der Waals surface area contributed by atoms with E-state index in [2.05, 4.69) is 48.3 Å². The highest BCUT2D eigenvalue weighted by molar-refractivity contribution is 5.24. The standard InChI is InChI=1S/C19H32N2/c1-3-4-8-18-9-11-19(12-10-18)17(2)20-13-7-16-21-14-5-6-15-21/h9-12,17,20H,3-8,13-16H2,1-2H3. The summed E-state index contributed by atoms with van der Waals surface area (Å²) in [5, 5.41) is 3.66. The van der Waals surface area contributed by atoms with Gasteiger partial charge >= 0.3 is 0 Å². The minimum atomic E-state index is 0.462. The van der Waals surface area contributed by atoms with E-state index in [0.717, 1.165) is 6.54 Å². The molecule has 1 aliphatic heterocycles. The van der Waals surface area contributed by atoms with E-state index in [4.69, 9.17) is 0 Å². The first kappa shape index (κ1) is 16.5. The number of hydrogen-bond acceptors (Lipinski definition) is 2. The summed E-state index contributed by atoms with van der Waals surface area (Å²) in [7, 11) is 0. The van der Waals surface area contributed by atoms with Crippen LogP contribution < -0.4 is 5.32 Å². The number of likely N-dealkylation sites (tertiary alicyclic amines) is 1. The maximum absolute atomic E-state index is 3.66. The minimum Gasteiger partial charge on any atom is -0.310 e. The molecule has 1 aromatic carbocycles. The molecule has 118 valence electrons. The number of aryl methyl sites for hydroxylation is 1. The summed E-state index contributed by atoms with van der Waals surface area (Å²) in [6, 6.07) is 9.65. The van der Waals surface area contributed by atoms with Crippen LogP contribution in [0.5, 0.6) is 0 Å². The summed E-state index contributed by atoms with van der Waals surface area (Å²) in [4.78, 5) is 2.59. The lowest BCUT2D eigenvalue weighted by Gasteiger charge is -2.17. The van der Waals surface area contributed by atoms with E-state index >= 15 is 0 Å². The first-order chi connectivity index (χ1) is 10.3. The Morgan fingerprint density at radius 1 is 1.10 bits per heavy atom. The molecule has 2 rings (SSSR count). The van der Waals surface area contributed by atoms with Crippen molar-refractivity contribution in [3.8, 4) is 0 Å². The van der Waals surface area contributed by atoms with Gasteiger partial charge in [0.25, 0.3) is 0 Å². The van der Waals surface area contributed by atoms with Crippen molar-refractivity contribution in [1.29, 1.82) is 0 Å². The monoisotopic (exact) mass is 288 g/mol. The average Bonchev–Trinajstić information content (AvgIpc) is 3.03. The Balaban J connectivity index is 1.66. The third-order valence-electron chi connectivity index (χ3n) is 4.60. The Hall–Kier alpha value is -0.860. The molecule has 21 heavy (non-hydrogen) atoms. The van der Waals surface area contributed by atoms with Crippen LogP contribution in [-0.4, -0.2) is 31.1 Å². The smallest absolute Gasteiger partial charge is 0.0291 e. The van der Waals surface area contributed by atoms with Gasteiger partial charge in [-0.25, -0.2) is 0 Å². The van der Waals surface area contributed by atoms with Gasteiger partial charge in [0.1, 0.15) is 0 Å². The summed E-state index contributed by atoms with van der Waals surface area (Å²) in [6.07, 6.45) is 7.84. The maximum atomic E-state index is 3.66. The molecule has 1 saturated heterocycles. The first-order valence-electron chi connectivity index (χ1n) is 8.84. The van der Waals surface area contributed by atoms with Crippen molar-refractivity contribution in [2.45, 2.75) is 58.4 Å². The highest BCUT2D eigenvalue weighted by Crippen LogP contribution is 2.15. The molecule has 0 saturated carbocycles. The Bertz CT molecular complexity index is 379. The Morgan fingerprint density at radius 2 is 1.81 bits per heavy atom. The number of benzene rings is 1. The molecule has 0 aliphatic carbocycles. The molecule has 0 bridgehead atoms. The molecule has 2 nitrogen and oxygen atoms in total. The minimum absolute atomic E-state index is 0.462. The molecule has 1 atom stereocenters. The molecule has 1 aromatic rings. The summed E-state index contributed by atoms with van der Waals surface area (Å²) in [5.74, 6) is 0. The van der Waals surface area contributed by atoms with Gasteiger partial charge in [0.05, 0.1) is 0 Å². The molecular weight excluding hydrogens is 256 g/mol. The van der Waals surface area contributed by atoms with Crippen LogP contribution in [0.15, 0.2) is 24.3 Å². The summed E-state index contributed by atoms with van der Waals surface area (Å²) >= 11 is 0. The molecular formula is C19H32N2. The van der Waals surface area contributed by atoms with Gasteiger partial charge in [0.15, 0.2) is 0 Å². The molecule has 1 aliphatic rings. The fourth-order valence-corrected chi connectivity index (χ4v) is 3.10. The van der Waals surface area contributed by atoms with Gasteiger partial charge in [-0.3, -0.25) is 0 Å². The lowest BCUT2D eigenvalue weighted by Crippen LogP contribution is -2.26. The van der Waals surface area contributed by atoms with Crippen LogP contribution >= 0.6 is 0 Å². The van der Waals surface area contributed by atoms with Gasteiger partial charge in [-0.05, 0) is 76.3 Å². The van der Waals surface area contributed by atoms with Crippen LogP contribution in [0.4, 0.5) is 0 Å². The molecule has 0 aromatic heterocycles. The highest BCUT2D eigenvalue weighted by atomic mass is 15.1. The van der Waals surface area contributed by atoms with Crippen LogP contribution in [-0.2, 0) is 6.42 Å². The first-order valence-corrected chi connectivity index (χ1v) is 8.84. The van der Waals surface area contributed by atoms with Crippen LogP contribution in [0.1, 0.15) is 63.1 Å². The Kier molecular flexibility index (Phi) is 7.25. The van der Waals surface area contributed by atoms with E-state index in [1.807, 2.05) is 0 Å². The normalized spacial score (nSPS) is 17.2. The van der Waals surface area contributed by atoms with E-state index in [0.29, 0.717) is 6.04 Å². The number of hydrogen-bond donors (Lipinski definition) is 1. The van der Waals surface area contributed by atoms with E-state index in [9.17, 15) is 0 Å². The number of unbranched alkanes of at least 4 members (excludes halogenated alkanes) is 1. The lowest BCUT2D eigenvalue weighted by molar-refractivity contribution is 0.328. The van der Waals surface area contributed by atoms with Crippen molar-refractivity contribution >= 4 is 0 Å². The SMILES string of the molecule is CCCCc1ccc(C(C)NCCCN2CCCC2)cc1. The molecule has 0 radical (unpaired) electrons. The molecule has 1 heterocycles. The maximum Gasteiger partial charge on any atom is 0.0291 e. The molecule has 1 unspecified atom stereocenters. The topological polar surface area (TPSA) is 15.3 Å². The average molecular weight is 288 g/mol. The lowest BCUT2D eigenvalue weighted by atomic mass is 10.0. The molecule has 1 N–H and O–H groups in total. The summed E-state index contributed by atoms with van der Waals surface area (Å²) in [5.41, 5.74) is 2.89. The quantitative estimate of drug-likeness (QED) is 0.686. The zero-order valence-corrected chi connectivity index (χ0v) is 13.9. The van der Waals surface area contributed by atoms with Gasteiger partial charge in [-0.1, -0.05) is 37.6 Å². The third-order valence-corrected chi connectivity index (χ3v) is 4.60. The van der Waals surface area contributed by atoms with Crippen molar-refractivity contribution < 1.29 is 0 Å². The molecule has 0 spiro atoms. The predicted octanol–water partition coefficient (Wildman–Crippen LogP) is 4.17. The van der Waals surface area contributed by atoms with Gasteiger partial charge in [0, 0.05) is 6.04 Å². The second-order valence-corrected chi connectivity index (χ2v) is 6.42. The number of nitrogens with one attached hydrogen (secondary N) is 1. The van der Waals surface area contributed by atoms with Crippen molar-refractivity contribution in [2.75, 3.05) is 26.2 Å². The molecule has 1 fully saturated rings. The van der Waals surface area contributed by atoms with Crippen LogP contribution in [0.3, 0.4) is 0 Å². The number of rotatable bonds is 9. The second-order valence-electron chi connectivity index (χ2n) is 6.42. The van der Waals surface area contributed by atoms with Crippen molar-refractivity contribution in [3.63, 3.8) is 0 Å². The van der Waals surface area contributed by atoms with Crippen molar-refractivity contribution in [1.82, 2.24) is 10.2 Å². The van der Waals surface area contributed by atoms with E-state index in [-0.39, 0.29) is 0 Å². The van der Waals surface area contributed by atoms with Gasteiger partial charge < -0.3 is 10.2 Å². The summed E-state index contributed by atoms with van der Waals surface area (Å²) < 4.78 is 0. The fraction of sp³-hybridized carbons (Fsp3) is 0.684. The van der Waals surface area contributed by atoms with Gasteiger partial charge in [0.2, 0.25) is 0 Å². The van der Waals surface area contributed by atoms with Crippen LogP contribution in [0, 0.1) is 0 Å². The van der Waals surface area contributed by atoms with E-state index < -0.39 is 0 Å². The zero-order chi connectivity index (χ0) is 14.9. The Labute approximate surface area is 130 Å². The van der Waals surface area contributed by atoms with Gasteiger partial charge in [-0.2, -0.15) is 0 Å². The summed E-state index contributed by atoms with van der Waals surface area (Å²) in [6.45, 7) is 9.54. The Morgan fingerprint density at radius 3 is 2.48 bits per heavy atom. The second kappa shape index (κ2) is 9.22. The third kappa shape index (κ3) is 5.80. The fourth-order valence-electron chi connectivity index (χ4n) is 3.10. The largest absolute Gasteiger partial charge is 0.310 e. The predicted molar refractivity (Wildman–Crippen MR) is 91.8 cm³/mol. The van der Waals surface area contributed by atoms with E-state index in [1.165, 1.54) is 69.3 Å². The highest BCUT2D eigenvalue weighted by Gasteiger charge is 2.10. The van der Waals surface area contributed by atoms with Gasteiger partial charge in [-0.15, -0.1) is 0 Å². The van der Waals surface area contributed by atoms with Crippen molar-refractivity contribution in [3.05, 3.63) is 35.4 Å².